The molecule has 0 fully saturated rings. The molecule has 4 aromatic rings. The molecule has 0 bridgehead atoms. The summed E-state index contributed by atoms with van der Waals surface area (Å²) in [6.45, 7) is 0. The van der Waals surface area contributed by atoms with Crippen molar-refractivity contribution in [3.63, 3.8) is 0 Å². The van der Waals surface area contributed by atoms with Crippen molar-refractivity contribution in [2.45, 2.75) is 0 Å². The second kappa shape index (κ2) is 40.0. The van der Waals surface area contributed by atoms with Crippen LogP contribution in [0.15, 0.2) is 49.6 Å². The van der Waals surface area contributed by atoms with Crippen molar-refractivity contribution in [3.05, 3.63) is 49.6 Å². The molecule has 0 saturated heterocycles. The third-order valence-electron chi connectivity index (χ3n) is 2.97. The molecule has 28 heteroatoms. The Bertz CT molecular complexity index is 783. The number of aromatic nitrogens is 8. The molecule has 4 aromatic heterocycles. The second-order valence-electron chi connectivity index (χ2n) is 5.23. The van der Waals surface area contributed by atoms with Gasteiger partial charge in [-0.25, -0.2) is 0 Å². The first kappa shape index (κ1) is 63.4. The number of nitrogens with one attached hydrogen (secondary N) is 4. The smallest absolute Gasteiger partial charge is 0.887 e. The summed E-state index contributed by atoms with van der Waals surface area (Å²) < 4.78 is 0. The van der Waals surface area contributed by atoms with E-state index < -0.39 is 28.5 Å². The normalized spacial score (nSPS) is 7.40. The molecule has 4 N–H and O–H groups in total. The van der Waals surface area contributed by atoms with Crippen LogP contribution < -0.4 is 300 Å². The molecule has 0 aliphatic heterocycles. The molecule has 0 aliphatic rings. The molecule has 4 rings (SSSR count). The van der Waals surface area contributed by atoms with Crippen LogP contribution in [0.5, 0.6) is 0 Å². The summed E-state index contributed by atoms with van der Waals surface area (Å²) in [5.74, 6) is 0. The maximum atomic E-state index is 9.94. The van der Waals surface area contributed by atoms with E-state index in [1.54, 1.807) is 0 Å². The minimum absolute atomic E-state index is 0. The predicted molar refractivity (Wildman–Crippen MR) is 95.9 cm³/mol. The SMILES string of the molecule is [Na+].[Na+].[Na+].[Na+].[Na+].[Na+].[Na+].[Na+].[O-]B([O-])c1ncc[nH]1.[O-]B([O-])c1ncc[nH]1.[O-]B([O-])c1ncc[nH]1.[O-]B([O-])c1ncc[nH]1. The van der Waals surface area contributed by atoms with Crippen molar-refractivity contribution in [3.8, 4) is 0 Å². The molecule has 0 atom stereocenters. The molecule has 16 nitrogen and oxygen atoms in total. The Kier molecular flexibility index (Phi) is 63.4. The minimum atomic E-state index is -1.98. The topological polar surface area (TPSA) is 299 Å². The Hall–Kier alpha value is 4.78. The van der Waals surface area contributed by atoms with Gasteiger partial charge in [0.1, 0.15) is 0 Å². The number of imidazole rings is 4. The van der Waals surface area contributed by atoms with Crippen molar-refractivity contribution in [1.82, 2.24) is 39.9 Å². The van der Waals surface area contributed by atoms with Crippen LogP contribution in [-0.4, -0.2) is 68.3 Å². The largest absolute Gasteiger partial charge is 1.00 e. The quantitative estimate of drug-likeness (QED) is 0.154. The fourth-order valence-electron chi connectivity index (χ4n) is 1.63. The Morgan fingerprint density at radius 2 is 0.500 bits per heavy atom. The molecule has 0 amide bonds. The molecule has 4 heterocycles. The molecular weight excluding hydrogens is 611 g/mol. The van der Waals surface area contributed by atoms with Gasteiger partial charge in [0.05, 0.1) is 0 Å². The van der Waals surface area contributed by atoms with Crippen LogP contribution in [0.4, 0.5) is 0 Å². The third-order valence-corrected chi connectivity index (χ3v) is 2.97. The first-order valence-electron chi connectivity index (χ1n) is 8.46. The van der Waals surface area contributed by atoms with E-state index in [1.807, 2.05) is 0 Å². The molecule has 168 valence electrons. The molecule has 0 aromatic carbocycles. The first-order chi connectivity index (χ1) is 15.2. The fraction of sp³-hybridized carbons (Fsp3) is 0. The second-order valence-corrected chi connectivity index (χ2v) is 5.23. The van der Waals surface area contributed by atoms with E-state index in [2.05, 4.69) is 39.9 Å². The van der Waals surface area contributed by atoms with Gasteiger partial charge in [0.2, 0.25) is 0 Å². The van der Waals surface area contributed by atoms with Gasteiger partial charge in [0, 0.05) is 72.5 Å². The van der Waals surface area contributed by atoms with Gasteiger partial charge in [-0.05, 0) is 28.5 Å². The standard InChI is InChI=1S/4C3H3BN2O2.8Na/c4*7-4(8)3-5-1-2-6-3;;;;;;;;/h4*1-2H,(H,5,6);;;;;;;;/q4*-2;8*+1. The van der Waals surface area contributed by atoms with Crippen LogP contribution in [-0.2, 0) is 0 Å². The average molecular weight is 623 g/mol. The zero-order chi connectivity index (χ0) is 23.9. The molecule has 0 saturated carbocycles. The van der Waals surface area contributed by atoms with Gasteiger partial charge in [0.15, 0.2) is 0 Å². The number of hydrogen-bond acceptors (Lipinski definition) is 12. The van der Waals surface area contributed by atoms with Crippen LogP contribution in [0.1, 0.15) is 0 Å². The number of hydrogen-bond donors (Lipinski definition) is 4. The van der Waals surface area contributed by atoms with E-state index >= 15 is 0 Å². The third kappa shape index (κ3) is 31.4. The van der Waals surface area contributed by atoms with Crippen molar-refractivity contribution < 1.29 is 277 Å². The van der Waals surface area contributed by atoms with Crippen LogP contribution in [0.3, 0.4) is 0 Å². The Balaban J connectivity index is -0.0000000533. The molecule has 0 radical (unpaired) electrons. The first-order valence-corrected chi connectivity index (χ1v) is 8.46. The molecular formula is C12H12B4N8Na8O8. The molecule has 40 heavy (non-hydrogen) atoms. The van der Waals surface area contributed by atoms with Crippen molar-refractivity contribution in [1.29, 1.82) is 0 Å². The maximum absolute atomic E-state index is 9.94. The summed E-state index contributed by atoms with van der Waals surface area (Å²) in [7, 11) is -7.93. The minimum Gasteiger partial charge on any atom is -0.887 e. The van der Waals surface area contributed by atoms with E-state index in [-0.39, 0.29) is 259 Å². The van der Waals surface area contributed by atoms with Gasteiger partial charge in [-0.3, -0.25) is 19.9 Å². The summed E-state index contributed by atoms with van der Waals surface area (Å²) in [6, 6.07) is 0. The van der Waals surface area contributed by atoms with Crippen molar-refractivity contribution in [2.75, 3.05) is 0 Å². The zero-order valence-electron chi connectivity index (χ0n) is 24.0. The summed E-state index contributed by atoms with van der Waals surface area (Å²) >= 11 is 0. The van der Waals surface area contributed by atoms with E-state index in [9.17, 15) is 40.2 Å². The van der Waals surface area contributed by atoms with Crippen LogP contribution in [0, 0.1) is 0 Å². The van der Waals surface area contributed by atoms with Crippen LogP contribution in [0.2, 0.25) is 0 Å². The maximum Gasteiger partial charge on any atom is 1.00 e. The number of rotatable bonds is 4. The van der Waals surface area contributed by atoms with Crippen LogP contribution >= 0.6 is 0 Å². The predicted octanol–water partition coefficient (Wildman–Crippen LogP) is -36.7. The van der Waals surface area contributed by atoms with E-state index in [0.717, 1.165) is 0 Å². The van der Waals surface area contributed by atoms with E-state index in [1.165, 1.54) is 49.6 Å². The molecule has 0 spiro atoms. The van der Waals surface area contributed by atoms with E-state index in [0.29, 0.717) is 0 Å². The average Bonchev–Trinajstić information content (AvgIpc) is 3.56. The monoisotopic (exact) mass is 624 g/mol. The molecule has 0 unspecified atom stereocenters. The number of nitrogens with zero attached hydrogens (tertiary/aromatic N) is 4. The van der Waals surface area contributed by atoms with Crippen molar-refractivity contribution in [2.24, 2.45) is 0 Å². The van der Waals surface area contributed by atoms with Gasteiger partial charge in [-0.2, -0.15) is 0 Å². The number of H-pyrrole nitrogens is 4. The Morgan fingerprint density at radius 3 is 0.550 bits per heavy atom. The summed E-state index contributed by atoms with van der Waals surface area (Å²) in [5, 5.41) is 79.5. The van der Waals surface area contributed by atoms with Gasteiger partial charge in [-0.15, -0.1) is 0 Å². The van der Waals surface area contributed by atoms with Gasteiger partial charge in [-0.1, -0.05) is 0 Å². The van der Waals surface area contributed by atoms with Gasteiger partial charge in [0.25, 0.3) is 0 Å². The summed E-state index contributed by atoms with van der Waals surface area (Å²) in [5.41, 5.74) is -0.204. The zero-order valence-corrected chi connectivity index (χ0v) is 40.0. The van der Waals surface area contributed by atoms with Crippen molar-refractivity contribution >= 4 is 51.4 Å². The number of aromatic amines is 4. The Labute approximate surface area is 409 Å². The van der Waals surface area contributed by atoms with Crippen LogP contribution in [0.25, 0.3) is 0 Å². The summed E-state index contributed by atoms with van der Waals surface area (Å²) in [4.78, 5) is 23.3. The van der Waals surface area contributed by atoms with Gasteiger partial charge < -0.3 is 60.1 Å². The fourth-order valence-corrected chi connectivity index (χ4v) is 1.63. The Morgan fingerprint density at radius 1 is 0.350 bits per heavy atom. The molecule has 0 aliphatic carbocycles. The van der Waals surface area contributed by atoms with E-state index in [4.69, 9.17) is 0 Å². The summed E-state index contributed by atoms with van der Waals surface area (Å²) in [6.07, 6.45) is 11.3. The van der Waals surface area contributed by atoms with Gasteiger partial charge >= 0.3 is 236 Å².